The number of carbonyl (C=O) groups is 1. The highest BCUT2D eigenvalue weighted by molar-refractivity contribution is 7.10. The maximum atomic E-state index is 12.1. The Bertz CT molecular complexity index is 499. The van der Waals surface area contributed by atoms with Gasteiger partial charge in [-0.2, -0.15) is 0 Å². The van der Waals surface area contributed by atoms with Crippen LogP contribution in [0.25, 0.3) is 0 Å². The fourth-order valence-electron chi connectivity index (χ4n) is 2.50. The number of nitrogens with zero attached hydrogens (tertiary/aromatic N) is 1. The van der Waals surface area contributed by atoms with E-state index < -0.39 is 5.60 Å². The molecule has 0 radical (unpaired) electrons. The number of ether oxygens (including phenoxy) is 1. The van der Waals surface area contributed by atoms with Crippen LogP contribution in [0, 0.1) is 0 Å². The van der Waals surface area contributed by atoms with Gasteiger partial charge in [0.2, 0.25) is 0 Å². The van der Waals surface area contributed by atoms with Crippen molar-refractivity contribution in [1.82, 2.24) is 10.2 Å². The third-order valence-corrected chi connectivity index (χ3v) is 4.85. The van der Waals surface area contributed by atoms with Gasteiger partial charge in [-0.25, -0.2) is 4.79 Å². The van der Waals surface area contributed by atoms with Crippen molar-refractivity contribution >= 4 is 29.0 Å². The zero-order valence-electron chi connectivity index (χ0n) is 13.5. The van der Waals surface area contributed by atoms with Crippen molar-refractivity contribution < 1.29 is 9.53 Å². The van der Waals surface area contributed by atoms with E-state index in [1.54, 1.807) is 11.3 Å². The lowest BCUT2D eigenvalue weighted by Gasteiger charge is -2.26. The minimum atomic E-state index is -0.431. The molecular weight excluding hydrogens is 320 g/mol. The van der Waals surface area contributed by atoms with E-state index >= 15 is 0 Å². The SMILES string of the molecule is CC(C)(C)OC(=O)N1CCCC(NCc2cc(Cl)cs2)CC1. The average Bonchev–Trinajstić information content (AvgIpc) is 2.69. The van der Waals surface area contributed by atoms with Crippen molar-refractivity contribution in [2.24, 2.45) is 0 Å². The minimum absolute atomic E-state index is 0.196. The van der Waals surface area contributed by atoms with E-state index in [0.717, 1.165) is 43.9 Å². The van der Waals surface area contributed by atoms with E-state index in [-0.39, 0.29) is 6.09 Å². The Hall–Kier alpha value is -0.780. The summed E-state index contributed by atoms with van der Waals surface area (Å²) in [6.45, 7) is 8.07. The van der Waals surface area contributed by atoms with Crippen LogP contribution >= 0.6 is 22.9 Å². The molecule has 22 heavy (non-hydrogen) atoms. The molecule has 1 N–H and O–H groups in total. The van der Waals surface area contributed by atoms with Crippen molar-refractivity contribution in [3.05, 3.63) is 21.3 Å². The van der Waals surface area contributed by atoms with Crippen LogP contribution in [-0.2, 0) is 11.3 Å². The van der Waals surface area contributed by atoms with Crippen molar-refractivity contribution in [3.63, 3.8) is 0 Å². The summed E-state index contributed by atoms with van der Waals surface area (Å²) < 4.78 is 5.45. The molecule has 1 fully saturated rings. The Morgan fingerprint density at radius 2 is 2.23 bits per heavy atom. The summed E-state index contributed by atoms with van der Waals surface area (Å²) >= 11 is 7.62. The third-order valence-electron chi connectivity index (χ3n) is 3.57. The first-order valence-electron chi connectivity index (χ1n) is 7.78. The largest absolute Gasteiger partial charge is 0.444 e. The zero-order valence-corrected chi connectivity index (χ0v) is 15.1. The van der Waals surface area contributed by atoms with E-state index in [1.165, 1.54) is 4.88 Å². The van der Waals surface area contributed by atoms with Gasteiger partial charge in [0.15, 0.2) is 0 Å². The monoisotopic (exact) mass is 344 g/mol. The number of hydrogen-bond acceptors (Lipinski definition) is 4. The van der Waals surface area contributed by atoms with Crippen LogP contribution < -0.4 is 5.32 Å². The van der Waals surface area contributed by atoms with Gasteiger partial charge in [-0.1, -0.05) is 11.6 Å². The number of hydrogen-bond donors (Lipinski definition) is 1. The summed E-state index contributed by atoms with van der Waals surface area (Å²) in [6.07, 6.45) is 2.84. The van der Waals surface area contributed by atoms with E-state index in [4.69, 9.17) is 16.3 Å². The third kappa shape index (κ3) is 5.78. The number of rotatable bonds is 3. The van der Waals surface area contributed by atoms with Crippen molar-refractivity contribution in [3.8, 4) is 0 Å². The molecule has 124 valence electrons. The summed E-state index contributed by atoms with van der Waals surface area (Å²) in [6, 6.07) is 2.44. The van der Waals surface area contributed by atoms with Gasteiger partial charge in [-0.05, 0) is 46.1 Å². The lowest BCUT2D eigenvalue weighted by atomic mass is 10.1. The summed E-state index contributed by atoms with van der Waals surface area (Å²) in [5, 5.41) is 6.33. The molecule has 1 atom stereocenters. The average molecular weight is 345 g/mol. The number of amides is 1. The van der Waals surface area contributed by atoms with E-state index in [9.17, 15) is 4.79 Å². The number of thiophene rings is 1. The molecule has 2 rings (SSSR count). The first kappa shape index (κ1) is 17.6. The number of carbonyl (C=O) groups excluding carboxylic acids is 1. The predicted octanol–water partition coefficient (Wildman–Crippen LogP) is 4.28. The normalized spacial score (nSPS) is 19.8. The molecule has 1 aromatic rings. The molecular formula is C16H25ClN2O2S. The maximum absolute atomic E-state index is 12.1. The molecule has 1 aliphatic heterocycles. The van der Waals surface area contributed by atoms with Crippen LogP contribution in [0.3, 0.4) is 0 Å². The molecule has 2 heterocycles. The van der Waals surface area contributed by atoms with Gasteiger partial charge < -0.3 is 15.0 Å². The quantitative estimate of drug-likeness (QED) is 0.889. The van der Waals surface area contributed by atoms with Crippen molar-refractivity contribution in [1.29, 1.82) is 0 Å². The van der Waals surface area contributed by atoms with Crippen LogP contribution in [0.2, 0.25) is 5.02 Å². The second kappa shape index (κ2) is 7.66. The zero-order chi connectivity index (χ0) is 16.2. The molecule has 0 spiro atoms. The Labute approximate surface area is 141 Å². The Morgan fingerprint density at radius 1 is 1.45 bits per heavy atom. The summed E-state index contributed by atoms with van der Waals surface area (Å²) in [5.74, 6) is 0. The molecule has 1 saturated heterocycles. The van der Waals surface area contributed by atoms with E-state index in [0.29, 0.717) is 6.04 Å². The molecule has 1 amide bonds. The summed E-state index contributed by atoms with van der Waals surface area (Å²) in [7, 11) is 0. The molecule has 6 heteroatoms. The van der Waals surface area contributed by atoms with Gasteiger partial charge in [0, 0.05) is 35.9 Å². The summed E-state index contributed by atoms with van der Waals surface area (Å²) in [4.78, 5) is 15.2. The topological polar surface area (TPSA) is 41.6 Å². The van der Waals surface area contributed by atoms with E-state index in [1.807, 2.05) is 37.1 Å². The van der Waals surface area contributed by atoms with Crippen LogP contribution in [0.15, 0.2) is 11.4 Å². The second-order valence-corrected chi connectivity index (χ2v) is 8.14. The van der Waals surface area contributed by atoms with Gasteiger partial charge in [-0.3, -0.25) is 0 Å². The van der Waals surface area contributed by atoms with Gasteiger partial charge >= 0.3 is 6.09 Å². The standard InChI is InChI=1S/C16H25ClN2O2S/c1-16(2,3)21-15(20)19-7-4-5-13(6-8-19)18-10-14-9-12(17)11-22-14/h9,11,13,18H,4-8,10H2,1-3H3. The highest BCUT2D eigenvalue weighted by Gasteiger charge is 2.25. The lowest BCUT2D eigenvalue weighted by molar-refractivity contribution is 0.0256. The Morgan fingerprint density at radius 3 is 2.86 bits per heavy atom. The van der Waals surface area contributed by atoms with Crippen LogP contribution in [0.1, 0.15) is 44.9 Å². The Kier molecular flexibility index (Phi) is 6.12. The molecule has 0 aliphatic carbocycles. The van der Waals surface area contributed by atoms with Crippen molar-refractivity contribution in [2.45, 2.75) is 58.2 Å². The van der Waals surface area contributed by atoms with Crippen LogP contribution in [0.5, 0.6) is 0 Å². The maximum Gasteiger partial charge on any atom is 0.410 e. The Balaban J connectivity index is 1.78. The predicted molar refractivity (Wildman–Crippen MR) is 91.6 cm³/mol. The first-order valence-corrected chi connectivity index (χ1v) is 9.03. The first-order chi connectivity index (χ1) is 10.3. The molecule has 0 saturated carbocycles. The number of likely N-dealkylation sites (tertiary alicyclic amines) is 1. The highest BCUT2D eigenvalue weighted by Crippen LogP contribution is 2.20. The lowest BCUT2D eigenvalue weighted by Crippen LogP contribution is -2.38. The second-order valence-electron chi connectivity index (χ2n) is 6.71. The van der Waals surface area contributed by atoms with Crippen LogP contribution in [0.4, 0.5) is 4.79 Å². The fraction of sp³-hybridized carbons (Fsp3) is 0.688. The summed E-state index contributed by atoms with van der Waals surface area (Å²) in [5.41, 5.74) is -0.431. The molecule has 1 aliphatic rings. The molecule has 4 nitrogen and oxygen atoms in total. The van der Waals surface area contributed by atoms with Gasteiger partial charge in [-0.15, -0.1) is 11.3 Å². The fourth-order valence-corrected chi connectivity index (χ4v) is 3.52. The molecule has 0 aromatic carbocycles. The van der Waals surface area contributed by atoms with Crippen molar-refractivity contribution in [2.75, 3.05) is 13.1 Å². The molecule has 1 aromatic heterocycles. The molecule has 0 bridgehead atoms. The van der Waals surface area contributed by atoms with Crippen LogP contribution in [-0.4, -0.2) is 35.7 Å². The van der Waals surface area contributed by atoms with Gasteiger partial charge in [0.1, 0.15) is 5.60 Å². The minimum Gasteiger partial charge on any atom is -0.444 e. The number of halogens is 1. The highest BCUT2D eigenvalue weighted by atomic mass is 35.5. The van der Waals surface area contributed by atoms with Gasteiger partial charge in [0.05, 0.1) is 5.02 Å². The smallest absolute Gasteiger partial charge is 0.410 e. The van der Waals surface area contributed by atoms with E-state index in [2.05, 4.69) is 5.32 Å². The number of nitrogens with one attached hydrogen (secondary N) is 1. The van der Waals surface area contributed by atoms with Gasteiger partial charge in [0.25, 0.3) is 0 Å². The molecule has 1 unspecified atom stereocenters.